The lowest BCUT2D eigenvalue weighted by molar-refractivity contribution is -0.160. The molecule has 0 amide bonds. The molecule has 1 saturated heterocycles. The molecule has 0 saturated carbocycles. The Kier molecular flexibility index (Phi) is 6.13. The Morgan fingerprint density at radius 2 is 2.00 bits per heavy atom. The van der Waals surface area contributed by atoms with Gasteiger partial charge in [0.1, 0.15) is 11.9 Å². The van der Waals surface area contributed by atoms with Gasteiger partial charge in [-0.2, -0.15) is 5.10 Å². The number of esters is 1. The highest BCUT2D eigenvalue weighted by Gasteiger charge is 2.29. The average Bonchev–Trinajstić information content (AvgIpc) is 3.12. The smallest absolute Gasteiger partial charge is 0.308 e. The number of halogens is 1. The third-order valence-corrected chi connectivity index (χ3v) is 5.50. The molecule has 31 heavy (non-hydrogen) atoms. The van der Waals surface area contributed by atoms with Gasteiger partial charge in [0.15, 0.2) is 5.82 Å². The van der Waals surface area contributed by atoms with E-state index in [0.717, 1.165) is 22.5 Å². The lowest BCUT2D eigenvalue weighted by atomic mass is 9.93. The maximum atomic E-state index is 13.6. The van der Waals surface area contributed by atoms with Gasteiger partial charge >= 0.3 is 5.97 Å². The first-order valence-electron chi connectivity index (χ1n) is 10.6. The second-order valence-corrected chi connectivity index (χ2v) is 8.22. The van der Waals surface area contributed by atoms with Crippen LogP contribution in [0.3, 0.4) is 0 Å². The summed E-state index contributed by atoms with van der Waals surface area (Å²) in [7, 11) is 0. The average molecular weight is 423 g/mol. The van der Waals surface area contributed by atoms with Gasteiger partial charge in [-0.3, -0.25) is 4.79 Å². The van der Waals surface area contributed by atoms with Crippen molar-refractivity contribution in [2.75, 3.05) is 0 Å². The van der Waals surface area contributed by atoms with E-state index in [1.54, 1.807) is 23.0 Å². The normalized spacial score (nSPS) is 18.9. The molecular weight excluding hydrogens is 397 g/mol. The first-order valence-corrected chi connectivity index (χ1v) is 10.6. The standard InChI is InChI=1S/C24H26FN3O3/c1-15(2)23-20(11-10-19-13-18(29)14-22(30)31-19)24(16-6-8-17(25)9-7-16)28(27-23)21-5-3-4-12-26-21/h3-9,12,15,18-19,29H,10-11,13-14H2,1-2H3/t18-,19+/m1/s1. The molecule has 1 aliphatic rings. The Labute approximate surface area is 180 Å². The van der Waals surface area contributed by atoms with Gasteiger partial charge < -0.3 is 9.84 Å². The number of ether oxygens (including phenoxy) is 1. The van der Waals surface area contributed by atoms with Crippen LogP contribution in [0, 0.1) is 5.82 Å². The zero-order chi connectivity index (χ0) is 22.0. The van der Waals surface area contributed by atoms with Crippen molar-refractivity contribution in [3.8, 4) is 17.1 Å². The summed E-state index contributed by atoms with van der Waals surface area (Å²) in [6.07, 6.45) is 2.37. The molecule has 162 valence electrons. The maximum Gasteiger partial charge on any atom is 0.308 e. The number of rotatable bonds is 6. The van der Waals surface area contributed by atoms with Crippen LogP contribution in [-0.4, -0.2) is 38.0 Å². The Morgan fingerprint density at radius 3 is 2.65 bits per heavy atom. The Morgan fingerprint density at radius 1 is 1.23 bits per heavy atom. The molecule has 3 aromatic rings. The van der Waals surface area contributed by atoms with Crippen LogP contribution in [0.5, 0.6) is 0 Å². The van der Waals surface area contributed by atoms with Gasteiger partial charge in [-0.1, -0.05) is 19.9 Å². The molecule has 7 heteroatoms. The van der Waals surface area contributed by atoms with Crippen LogP contribution >= 0.6 is 0 Å². The summed E-state index contributed by atoms with van der Waals surface area (Å²) in [6, 6.07) is 12.0. The van der Waals surface area contributed by atoms with E-state index < -0.39 is 6.10 Å². The largest absolute Gasteiger partial charge is 0.462 e. The molecule has 0 unspecified atom stereocenters. The van der Waals surface area contributed by atoms with Gasteiger partial charge in [-0.15, -0.1) is 0 Å². The number of nitrogens with zero attached hydrogens (tertiary/aromatic N) is 3. The number of hydrogen-bond acceptors (Lipinski definition) is 5. The maximum absolute atomic E-state index is 13.6. The summed E-state index contributed by atoms with van der Waals surface area (Å²) in [5, 5.41) is 14.8. The summed E-state index contributed by atoms with van der Waals surface area (Å²) in [6.45, 7) is 4.15. The van der Waals surface area contributed by atoms with E-state index >= 15 is 0 Å². The second kappa shape index (κ2) is 8.98. The molecule has 4 rings (SSSR count). The third-order valence-electron chi connectivity index (χ3n) is 5.50. The zero-order valence-corrected chi connectivity index (χ0v) is 17.7. The van der Waals surface area contributed by atoms with Crippen LogP contribution in [0.4, 0.5) is 4.39 Å². The molecular formula is C24H26FN3O3. The van der Waals surface area contributed by atoms with E-state index in [-0.39, 0.29) is 30.2 Å². The summed E-state index contributed by atoms with van der Waals surface area (Å²) in [5.74, 6) is 0.158. The van der Waals surface area contributed by atoms with Gasteiger partial charge in [0.25, 0.3) is 0 Å². The highest BCUT2D eigenvalue weighted by atomic mass is 19.1. The van der Waals surface area contributed by atoms with Crippen molar-refractivity contribution in [2.45, 2.75) is 57.7 Å². The van der Waals surface area contributed by atoms with Gasteiger partial charge in [-0.05, 0) is 55.2 Å². The van der Waals surface area contributed by atoms with Crippen molar-refractivity contribution in [1.82, 2.24) is 14.8 Å². The van der Waals surface area contributed by atoms with Crippen LogP contribution in [0.1, 0.15) is 50.3 Å². The Hall–Kier alpha value is -3.06. The van der Waals surface area contributed by atoms with Crippen molar-refractivity contribution in [3.05, 3.63) is 65.7 Å². The Bertz CT molecular complexity index is 1050. The van der Waals surface area contributed by atoms with E-state index in [1.807, 2.05) is 18.2 Å². The molecule has 1 fully saturated rings. The molecule has 2 aromatic heterocycles. The van der Waals surface area contributed by atoms with Crippen LogP contribution < -0.4 is 0 Å². The topological polar surface area (TPSA) is 77.2 Å². The molecule has 0 aliphatic carbocycles. The van der Waals surface area contributed by atoms with Crippen molar-refractivity contribution in [1.29, 1.82) is 0 Å². The second-order valence-electron chi connectivity index (χ2n) is 8.22. The van der Waals surface area contributed by atoms with Crippen molar-refractivity contribution >= 4 is 5.97 Å². The number of benzene rings is 1. The lowest BCUT2D eigenvalue weighted by Gasteiger charge is -2.26. The number of cyclic esters (lactones) is 1. The first kappa shape index (κ1) is 21.2. The molecule has 3 heterocycles. The van der Waals surface area contributed by atoms with E-state index in [1.165, 1.54) is 12.1 Å². The fourth-order valence-corrected chi connectivity index (χ4v) is 4.07. The number of hydrogen-bond donors (Lipinski definition) is 1. The summed E-state index contributed by atoms with van der Waals surface area (Å²) < 4.78 is 20.9. The monoisotopic (exact) mass is 423 g/mol. The molecule has 6 nitrogen and oxygen atoms in total. The third kappa shape index (κ3) is 4.66. The minimum absolute atomic E-state index is 0.0478. The van der Waals surface area contributed by atoms with E-state index in [2.05, 4.69) is 18.8 Å². The van der Waals surface area contributed by atoms with E-state index in [9.17, 15) is 14.3 Å². The molecule has 0 radical (unpaired) electrons. The summed E-state index contributed by atoms with van der Waals surface area (Å²) in [5.41, 5.74) is 3.63. The molecule has 1 aliphatic heterocycles. The predicted octanol–water partition coefficient (Wildman–Crippen LogP) is 4.20. The Balaban J connectivity index is 1.77. The van der Waals surface area contributed by atoms with E-state index in [0.29, 0.717) is 25.1 Å². The number of aliphatic hydroxyl groups is 1. The molecule has 1 aromatic carbocycles. The number of carbonyl (C=O) groups excluding carboxylic acids is 1. The van der Waals surface area contributed by atoms with Crippen LogP contribution in [-0.2, 0) is 16.0 Å². The van der Waals surface area contributed by atoms with Gasteiger partial charge in [0.05, 0.1) is 23.9 Å². The summed E-state index contributed by atoms with van der Waals surface area (Å²) in [4.78, 5) is 16.2. The predicted molar refractivity (Wildman–Crippen MR) is 114 cm³/mol. The lowest BCUT2D eigenvalue weighted by Crippen LogP contribution is -2.32. The van der Waals surface area contributed by atoms with Crippen molar-refractivity contribution < 1.29 is 19.0 Å². The highest BCUT2D eigenvalue weighted by Crippen LogP contribution is 2.34. The minimum Gasteiger partial charge on any atom is -0.462 e. The van der Waals surface area contributed by atoms with Crippen LogP contribution in [0.15, 0.2) is 48.7 Å². The molecule has 0 spiro atoms. The summed E-state index contributed by atoms with van der Waals surface area (Å²) >= 11 is 0. The highest BCUT2D eigenvalue weighted by molar-refractivity contribution is 5.71. The molecule has 1 N–H and O–H groups in total. The zero-order valence-electron chi connectivity index (χ0n) is 17.7. The van der Waals surface area contributed by atoms with E-state index in [4.69, 9.17) is 9.84 Å². The van der Waals surface area contributed by atoms with Crippen molar-refractivity contribution in [2.24, 2.45) is 0 Å². The van der Waals surface area contributed by atoms with Crippen LogP contribution in [0.2, 0.25) is 0 Å². The van der Waals surface area contributed by atoms with Gasteiger partial charge in [0, 0.05) is 23.7 Å². The molecule has 2 atom stereocenters. The fraction of sp³-hybridized carbons (Fsp3) is 0.375. The molecule has 0 bridgehead atoms. The van der Waals surface area contributed by atoms with Crippen LogP contribution in [0.25, 0.3) is 17.1 Å². The number of aromatic nitrogens is 3. The SMILES string of the molecule is CC(C)c1nn(-c2ccccn2)c(-c2ccc(F)cc2)c1CC[C@H]1C[C@@H](O)CC(=O)O1. The number of pyridine rings is 1. The first-order chi connectivity index (χ1) is 14.9. The van der Waals surface area contributed by atoms with Crippen molar-refractivity contribution in [3.63, 3.8) is 0 Å². The van der Waals surface area contributed by atoms with Gasteiger partial charge in [0.2, 0.25) is 0 Å². The fourth-order valence-electron chi connectivity index (χ4n) is 4.07. The number of carbonyl (C=O) groups is 1. The number of aliphatic hydroxyl groups excluding tert-OH is 1. The van der Waals surface area contributed by atoms with Gasteiger partial charge in [-0.25, -0.2) is 14.1 Å². The minimum atomic E-state index is -0.663. The quantitative estimate of drug-likeness (QED) is 0.602.